The Morgan fingerprint density at radius 3 is 2.74 bits per heavy atom. The average molecular weight is 324 g/mol. The van der Waals surface area contributed by atoms with Crippen molar-refractivity contribution in [1.82, 2.24) is 10.2 Å². The lowest BCUT2D eigenvalue weighted by Crippen LogP contribution is -2.50. The summed E-state index contributed by atoms with van der Waals surface area (Å²) in [6.07, 6.45) is 8.46. The van der Waals surface area contributed by atoms with Gasteiger partial charge in [0.25, 0.3) is 0 Å². The molecule has 6 heteroatoms. The van der Waals surface area contributed by atoms with Crippen LogP contribution in [0.15, 0.2) is 12.7 Å². The van der Waals surface area contributed by atoms with Gasteiger partial charge in [0.05, 0.1) is 6.10 Å². The Morgan fingerprint density at radius 2 is 2.09 bits per heavy atom. The summed E-state index contributed by atoms with van der Waals surface area (Å²) in [5.74, 6) is -0.869. The first kappa shape index (κ1) is 17.8. The molecule has 2 aliphatic rings. The molecule has 2 rings (SSSR count). The highest BCUT2D eigenvalue weighted by molar-refractivity contribution is 5.83. The van der Waals surface area contributed by atoms with E-state index in [9.17, 15) is 14.7 Å². The number of unbranched alkanes of at least 4 members (excludes halogenated alkanes) is 1. The van der Waals surface area contributed by atoms with Crippen LogP contribution in [0.1, 0.15) is 44.9 Å². The van der Waals surface area contributed by atoms with Crippen molar-refractivity contribution in [2.24, 2.45) is 5.92 Å². The smallest absolute Gasteiger partial charge is 0.326 e. The fraction of sp³-hybridized carbons (Fsp3) is 0.765. The Kier molecular flexibility index (Phi) is 6.89. The number of urea groups is 1. The van der Waals surface area contributed by atoms with Crippen LogP contribution in [0.4, 0.5) is 4.79 Å². The maximum Gasteiger partial charge on any atom is 0.326 e. The Balaban J connectivity index is 1.76. The van der Waals surface area contributed by atoms with Crippen LogP contribution < -0.4 is 5.32 Å². The number of carboxylic acids is 1. The fourth-order valence-corrected chi connectivity index (χ4v) is 3.42. The molecule has 130 valence electrons. The highest BCUT2D eigenvalue weighted by atomic mass is 16.5. The average Bonchev–Trinajstić information content (AvgIpc) is 3.20. The normalized spacial score (nSPS) is 23.0. The lowest BCUT2D eigenvalue weighted by molar-refractivity contribution is -0.140. The third kappa shape index (κ3) is 5.23. The van der Waals surface area contributed by atoms with E-state index in [4.69, 9.17) is 4.74 Å². The number of amides is 2. The Labute approximate surface area is 137 Å². The first-order valence-electron chi connectivity index (χ1n) is 8.62. The summed E-state index contributed by atoms with van der Waals surface area (Å²) < 4.78 is 5.75. The van der Waals surface area contributed by atoms with Crippen molar-refractivity contribution >= 4 is 12.0 Å². The SMILES string of the molecule is C=CCCCO[C@H]1CCN(C(=O)N[C@H](C(=O)O)C2CCCC2)C1. The van der Waals surface area contributed by atoms with Gasteiger partial charge in [-0.3, -0.25) is 0 Å². The van der Waals surface area contributed by atoms with Crippen molar-refractivity contribution in [3.05, 3.63) is 12.7 Å². The lowest BCUT2D eigenvalue weighted by atomic mass is 9.98. The first-order valence-corrected chi connectivity index (χ1v) is 8.62. The first-order chi connectivity index (χ1) is 11.1. The predicted molar refractivity (Wildman–Crippen MR) is 87.3 cm³/mol. The van der Waals surface area contributed by atoms with Crippen molar-refractivity contribution < 1.29 is 19.4 Å². The summed E-state index contributed by atoms with van der Waals surface area (Å²) in [6.45, 7) is 5.51. The summed E-state index contributed by atoms with van der Waals surface area (Å²) in [5.41, 5.74) is 0. The van der Waals surface area contributed by atoms with Gasteiger partial charge in [-0.15, -0.1) is 6.58 Å². The number of aliphatic carboxylic acids is 1. The molecule has 2 N–H and O–H groups in total. The van der Waals surface area contributed by atoms with E-state index in [1.807, 2.05) is 6.08 Å². The second-order valence-electron chi connectivity index (χ2n) is 6.47. The standard InChI is InChI=1S/C17H28N2O4/c1-2-3-6-11-23-14-9-10-19(12-14)17(22)18-15(16(20)21)13-7-4-5-8-13/h2,13-15H,1,3-12H2,(H,18,22)(H,20,21)/t14-,15-/m0/s1. The summed E-state index contributed by atoms with van der Waals surface area (Å²) in [5, 5.41) is 12.1. The van der Waals surface area contributed by atoms with Gasteiger partial charge in [0.1, 0.15) is 6.04 Å². The molecule has 1 aliphatic heterocycles. The number of allylic oxidation sites excluding steroid dienone is 1. The summed E-state index contributed by atoms with van der Waals surface area (Å²) >= 11 is 0. The minimum absolute atomic E-state index is 0.0559. The van der Waals surface area contributed by atoms with E-state index in [0.717, 1.165) is 44.9 Å². The molecule has 0 aromatic heterocycles. The van der Waals surface area contributed by atoms with Crippen molar-refractivity contribution in [2.75, 3.05) is 19.7 Å². The van der Waals surface area contributed by atoms with Crippen LogP contribution in [-0.4, -0.2) is 53.8 Å². The van der Waals surface area contributed by atoms with Crippen LogP contribution in [0.5, 0.6) is 0 Å². The third-order valence-corrected chi connectivity index (χ3v) is 4.75. The van der Waals surface area contributed by atoms with E-state index in [0.29, 0.717) is 19.7 Å². The lowest BCUT2D eigenvalue weighted by Gasteiger charge is -2.24. The molecule has 2 amide bonds. The largest absolute Gasteiger partial charge is 0.480 e. The second kappa shape index (κ2) is 8.91. The number of hydrogen-bond acceptors (Lipinski definition) is 3. The Morgan fingerprint density at radius 1 is 1.35 bits per heavy atom. The number of carbonyl (C=O) groups excluding carboxylic acids is 1. The number of carboxylic acid groups (broad SMARTS) is 1. The van der Waals surface area contributed by atoms with E-state index < -0.39 is 12.0 Å². The van der Waals surface area contributed by atoms with Crippen LogP contribution >= 0.6 is 0 Å². The Bertz CT molecular complexity index is 421. The minimum atomic E-state index is -0.929. The summed E-state index contributed by atoms with van der Waals surface area (Å²) in [4.78, 5) is 25.4. The van der Waals surface area contributed by atoms with Crippen molar-refractivity contribution in [3.63, 3.8) is 0 Å². The van der Waals surface area contributed by atoms with Gasteiger partial charge < -0.3 is 20.1 Å². The zero-order chi connectivity index (χ0) is 16.7. The number of ether oxygens (including phenoxy) is 1. The monoisotopic (exact) mass is 324 g/mol. The highest BCUT2D eigenvalue weighted by Crippen LogP contribution is 2.28. The van der Waals surface area contributed by atoms with Crippen LogP contribution in [0.3, 0.4) is 0 Å². The third-order valence-electron chi connectivity index (χ3n) is 4.75. The van der Waals surface area contributed by atoms with Gasteiger partial charge in [0.2, 0.25) is 0 Å². The van der Waals surface area contributed by atoms with Gasteiger partial charge in [0, 0.05) is 19.7 Å². The van der Waals surface area contributed by atoms with Crippen molar-refractivity contribution in [2.45, 2.75) is 57.1 Å². The molecule has 1 saturated heterocycles. The van der Waals surface area contributed by atoms with Gasteiger partial charge in [-0.2, -0.15) is 0 Å². The maximum absolute atomic E-state index is 12.3. The molecule has 1 aliphatic carbocycles. The van der Waals surface area contributed by atoms with Crippen LogP contribution in [0.25, 0.3) is 0 Å². The van der Waals surface area contributed by atoms with Gasteiger partial charge in [-0.05, 0) is 38.0 Å². The van der Waals surface area contributed by atoms with E-state index in [2.05, 4.69) is 11.9 Å². The molecule has 0 unspecified atom stereocenters. The number of nitrogens with zero attached hydrogens (tertiary/aromatic N) is 1. The van der Waals surface area contributed by atoms with E-state index >= 15 is 0 Å². The molecular weight excluding hydrogens is 296 g/mol. The van der Waals surface area contributed by atoms with E-state index in [-0.39, 0.29) is 18.1 Å². The molecule has 6 nitrogen and oxygen atoms in total. The minimum Gasteiger partial charge on any atom is -0.480 e. The second-order valence-corrected chi connectivity index (χ2v) is 6.47. The molecule has 1 heterocycles. The zero-order valence-electron chi connectivity index (χ0n) is 13.7. The number of rotatable bonds is 8. The number of likely N-dealkylation sites (tertiary alicyclic amines) is 1. The fourth-order valence-electron chi connectivity index (χ4n) is 3.42. The maximum atomic E-state index is 12.3. The Hall–Kier alpha value is -1.56. The van der Waals surface area contributed by atoms with Gasteiger partial charge in [0.15, 0.2) is 0 Å². The molecule has 0 bridgehead atoms. The molecular formula is C17H28N2O4. The van der Waals surface area contributed by atoms with Gasteiger partial charge in [-0.25, -0.2) is 9.59 Å². The summed E-state index contributed by atoms with van der Waals surface area (Å²) in [6, 6.07) is -1.04. The molecule has 1 saturated carbocycles. The van der Waals surface area contributed by atoms with E-state index in [1.165, 1.54) is 0 Å². The molecule has 0 aromatic carbocycles. The van der Waals surface area contributed by atoms with Crippen LogP contribution in [0.2, 0.25) is 0 Å². The molecule has 2 fully saturated rings. The van der Waals surface area contributed by atoms with Crippen LogP contribution in [0, 0.1) is 5.92 Å². The van der Waals surface area contributed by atoms with Gasteiger partial charge >= 0.3 is 12.0 Å². The van der Waals surface area contributed by atoms with Crippen LogP contribution in [-0.2, 0) is 9.53 Å². The summed E-state index contributed by atoms with van der Waals surface area (Å²) in [7, 11) is 0. The quantitative estimate of drug-likeness (QED) is 0.531. The molecule has 0 radical (unpaired) electrons. The van der Waals surface area contributed by atoms with E-state index in [1.54, 1.807) is 4.90 Å². The topological polar surface area (TPSA) is 78.9 Å². The molecule has 2 atom stereocenters. The van der Waals surface area contributed by atoms with Crippen molar-refractivity contribution in [3.8, 4) is 0 Å². The highest BCUT2D eigenvalue weighted by Gasteiger charge is 2.34. The zero-order valence-corrected chi connectivity index (χ0v) is 13.7. The number of nitrogens with one attached hydrogen (secondary N) is 1. The van der Waals surface area contributed by atoms with Gasteiger partial charge in [-0.1, -0.05) is 18.9 Å². The predicted octanol–water partition coefficient (Wildman–Crippen LogP) is 2.40. The molecule has 0 spiro atoms. The number of hydrogen-bond donors (Lipinski definition) is 2. The number of carbonyl (C=O) groups is 2. The molecule has 23 heavy (non-hydrogen) atoms. The van der Waals surface area contributed by atoms with Crippen molar-refractivity contribution in [1.29, 1.82) is 0 Å². The molecule has 0 aromatic rings.